The van der Waals surface area contributed by atoms with Crippen molar-refractivity contribution in [2.45, 2.75) is 5.41 Å². The monoisotopic (exact) mass is 742 g/mol. The highest BCUT2D eigenvalue weighted by atomic mass is 16.3. The molecule has 4 nitrogen and oxygen atoms in total. The van der Waals surface area contributed by atoms with Crippen LogP contribution in [0.2, 0.25) is 0 Å². The SMILES string of the molecule is c1ccc(-c2ccccc2N(c2cccc3c2oc2ccccc23)c2cc3c(c4oc5ccccc5c24)-c2ccccc2C3(c2ccccc2)c2ccccn2)cc1. The van der Waals surface area contributed by atoms with Crippen LogP contribution < -0.4 is 4.90 Å². The largest absolute Gasteiger partial charge is 0.455 e. The van der Waals surface area contributed by atoms with E-state index < -0.39 is 5.41 Å². The molecule has 0 saturated heterocycles. The molecule has 12 rings (SSSR count). The number of aromatic nitrogens is 1. The fraction of sp³-hybridized carbons (Fsp3) is 0.0185. The Morgan fingerprint density at radius 1 is 0.431 bits per heavy atom. The van der Waals surface area contributed by atoms with Gasteiger partial charge in [0.1, 0.15) is 16.7 Å². The van der Waals surface area contributed by atoms with Crippen molar-refractivity contribution in [3.8, 4) is 22.3 Å². The second-order valence-corrected chi connectivity index (χ2v) is 15.0. The van der Waals surface area contributed by atoms with Crippen molar-refractivity contribution in [3.05, 3.63) is 229 Å². The molecular weight excluding hydrogens is 709 g/mol. The van der Waals surface area contributed by atoms with E-state index in [9.17, 15) is 0 Å². The molecule has 3 heterocycles. The first-order valence-corrected chi connectivity index (χ1v) is 19.7. The molecule has 1 unspecified atom stereocenters. The van der Waals surface area contributed by atoms with Crippen LogP contribution in [0.5, 0.6) is 0 Å². The third-order valence-electron chi connectivity index (χ3n) is 12.0. The molecule has 272 valence electrons. The van der Waals surface area contributed by atoms with Gasteiger partial charge < -0.3 is 13.7 Å². The molecule has 3 aromatic heterocycles. The van der Waals surface area contributed by atoms with Gasteiger partial charge in [-0.2, -0.15) is 0 Å². The van der Waals surface area contributed by atoms with E-state index in [2.05, 4.69) is 193 Å². The van der Waals surface area contributed by atoms with Crippen molar-refractivity contribution < 1.29 is 8.83 Å². The second kappa shape index (κ2) is 12.7. The fourth-order valence-electron chi connectivity index (χ4n) is 9.63. The van der Waals surface area contributed by atoms with Gasteiger partial charge in [-0.15, -0.1) is 0 Å². The average molecular weight is 743 g/mol. The van der Waals surface area contributed by atoms with Crippen LogP contribution in [0.4, 0.5) is 17.1 Å². The Morgan fingerprint density at radius 2 is 1.05 bits per heavy atom. The summed E-state index contributed by atoms with van der Waals surface area (Å²) in [5.41, 5.74) is 14.3. The van der Waals surface area contributed by atoms with Gasteiger partial charge in [-0.05, 0) is 70.3 Å². The molecule has 0 spiro atoms. The van der Waals surface area contributed by atoms with E-state index in [-0.39, 0.29) is 0 Å². The molecule has 1 atom stereocenters. The maximum Gasteiger partial charge on any atom is 0.159 e. The van der Waals surface area contributed by atoms with Gasteiger partial charge in [0.05, 0.1) is 33.6 Å². The van der Waals surface area contributed by atoms with E-state index >= 15 is 0 Å². The van der Waals surface area contributed by atoms with Crippen LogP contribution in [0, 0.1) is 0 Å². The lowest BCUT2D eigenvalue weighted by atomic mass is 9.69. The Morgan fingerprint density at radius 3 is 1.86 bits per heavy atom. The summed E-state index contributed by atoms with van der Waals surface area (Å²) in [7, 11) is 0. The predicted molar refractivity (Wildman–Crippen MR) is 236 cm³/mol. The molecule has 58 heavy (non-hydrogen) atoms. The predicted octanol–water partition coefficient (Wildman–Crippen LogP) is 14.4. The zero-order chi connectivity index (χ0) is 38.2. The molecule has 1 aliphatic rings. The molecule has 8 aromatic carbocycles. The number of pyridine rings is 1. The van der Waals surface area contributed by atoms with E-state index in [1.54, 1.807) is 0 Å². The third kappa shape index (κ3) is 4.54. The summed E-state index contributed by atoms with van der Waals surface area (Å²) >= 11 is 0. The van der Waals surface area contributed by atoms with Gasteiger partial charge in [0, 0.05) is 33.5 Å². The maximum atomic E-state index is 7.16. The van der Waals surface area contributed by atoms with Crippen molar-refractivity contribution in [1.82, 2.24) is 4.98 Å². The maximum absolute atomic E-state index is 7.16. The molecule has 4 heteroatoms. The average Bonchev–Trinajstić information content (AvgIpc) is 3.97. The number of rotatable bonds is 6. The number of para-hydroxylation sites is 4. The smallest absolute Gasteiger partial charge is 0.159 e. The second-order valence-electron chi connectivity index (χ2n) is 15.0. The highest BCUT2D eigenvalue weighted by molar-refractivity contribution is 6.21. The van der Waals surface area contributed by atoms with Crippen molar-refractivity contribution in [2.24, 2.45) is 0 Å². The van der Waals surface area contributed by atoms with Crippen LogP contribution in [0.25, 0.3) is 66.1 Å². The number of nitrogens with zero attached hydrogens (tertiary/aromatic N) is 2. The van der Waals surface area contributed by atoms with E-state index in [1.807, 2.05) is 18.3 Å². The minimum absolute atomic E-state index is 0.758. The van der Waals surface area contributed by atoms with E-state index in [0.717, 1.165) is 100 Å². The molecule has 0 radical (unpaired) electrons. The topological polar surface area (TPSA) is 42.4 Å². The zero-order valence-electron chi connectivity index (χ0n) is 31.3. The Labute approximate surface area is 334 Å². The van der Waals surface area contributed by atoms with Crippen LogP contribution in [-0.2, 0) is 5.41 Å². The van der Waals surface area contributed by atoms with Gasteiger partial charge in [0.25, 0.3) is 0 Å². The summed E-state index contributed by atoms with van der Waals surface area (Å²) in [4.78, 5) is 7.59. The minimum Gasteiger partial charge on any atom is -0.455 e. The number of benzene rings is 8. The van der Waals surface area contributed by atoms with Gasteiger partial charge in [0.2, 0.25) is 0 Å². The van der Waals surface area contributed by atoms with E-state index in [0.29, 0.717) is 0 Å². The lowest BCUT2D eigenvalue weighted by Crippen LogP contribution is -2.30. The number of fused-ring (bicyclic) bond motifs is 10. The lowest BCUT2D eigenvalue weighted by Gasteiger charge is -2.34. The summed E-state index contributed by atoms with van der Waals surface area (Å²) < 4.78 is 14.0. The summed E-state index contributed by atoms with van der Waals surface area (Å²) in [5.74, 6) is 0. The lowest BCUT2D eigenvalue weighted by molar-refractivity contribution is 0.667. The molecule has 0 fully saturated rings. The zero-order valence-corrected chi connectivity index (χ0v) is 31.3. The number of anilines is 3. The van der Waals surface area contributed by atoms with Gasteiger partial charge in [-0.1, -0.05) is 158 Å². The Kier molecular flexibility index (Phi) is 7.11. The molecule has 0 N–H and O–H groups in total. The highest BCUT2D eigenvalue weighted by Gasteiger charge is 2.49. The summed E-state index contributed by atoms with van der Waals surface area (Å²) in [6.45, 7) is 0. The van der Waals surface area contributed by atoms with Crippen LogP contribution in [0.15, 0.2) is 215 Å². The molecule has 0 bridgehead atoms. The van der Waals surface area contributed by atoms with Crippen molar-refractivity contribution in [3.63, 3.8) is 0 Å². The molecule has 0 amide bonds. The normalized spacial score (nSPS) is 14.6. The quantitative estimate of drug-likeness (QED) is 0.170. The Bertz CT molecular complexity index is 3310. The van der Waals surface area contributed by atoms with Gasteiger partial charge in [-0.3, -0.25) is 4.98 Å². The Hall–Kier alpha value is -7.69. The molecule has 1 aliphatic carbocycles. The molecule has 0 saturated carbocycles. The highest BCUT2D eigenvalue weighted by Crippen LogP contribution is 2.61. The van der Waals surface area contributed by atoms with Crippen molar-refractivity contribution >= 4 is 60.9 Å². The summed E-state index contributed by atoms with van der Waals surface area (Å²) in [6.07, 6.45) is 1.91. The minimum atomic E-state index is -0.758. The first kappa shape index (κ1) is 32.5. The van der Waals surface area contributed by atoms with Crippen molar-refractivity contribution in [1.29, 1.82) is 0 Å². The van der Waals surface area contributed by atoms with Crippen LogP contribution >= 0.6 is 0 Å². The van der Waals surface area contributed by atoms with Crippen LogP contribution in [-0.4, -0.2) is 4.98 Å². The van der Waals surface area contributed by atoms with Gasteiger partial charge in [0.15, 0.2) is 5.58 Å². The molecule has 0 aliphatic heterocycles. The van der Waals surface area contributed by atoms with Crippen LogP contribution in [0.3, 0.4) is 0 Å². The fourth-order valence-corrected chi connectivity index (χ4v) is 9.63. The van der Waals surface area contributed by atoms with Gasteiger partial charge in [-0.25, -0.2) is 0 Å². The standard InChI is InChI=1S/C54H34N2O2/c1-3-18-35(19-4-1)37-22-8-12-28-44(37)56(45-29-17-26-39-38-23-9-13-30-47(38)57-52(39)45)46-34-43-50(53-51(46)41-25-10-14-31-48(41)58-53)40-24-7-11-27-42(40)54(43,36-20-5-2-6-21-36)49-32-15-16-33-55-49/h1-34H. The Balaban J connectivity index is 1.29. The molecular formula is C54H34N2O2. The van der Waals surface area contributed by atoms with Gasteiger partial charge >= 0.3 is 0 Å². The third-order valence-corrected chi connectivity index (χ3v) is 12.0. The van der Waals surface area contributed by atoms with E-state index in [4.69, 9.17) is 13.8 Å². The summed E-state index contributed by atoms with van der Waals surface area (Å²) in [5, 5.41) is 4.22. The van der Waals surface area contributed by atoms with Crippen LogP contribution in [0.1, 0.15) is 22.4 Å². The number of hydrogen-bond acceptors (Lipinski definition) is 4. The first-order valence-electron chi connectivity index (χ1n) is 19.7. The summed E-state index contributed by atoms with van der Waals surface area (Å²) in [6, 6.07) is 70.8. The van der Waals surface area contributed by atoms with Crippen molar-refractivity contribution in [2.75, 3.05) is 4.90 Å². The number of furan rings is 2. The van der Waals surface area contributed by atoms with E-state index in [1.165, 1.54) is 5.56 Å². The molecule has 11 aromatic rings. The first-order chi connectivity index (χ1) is 28.8. The number of hydrogen-bond donors (Lipinski definition) is 0.